The molecule has 0 aliphatic rings. The Labute approximate surface area is 50.2 Å². The Morgan fingerprint density at radius 3 is 2.57 bits per heavy atom. The summed E-state index contributed by atoms with van der Waals surface area (Å²) in [5.41, 5.74) is 0. The minimum atomic E-state index is 0.196. The second-order valence-electron chi connectivity index (χ2n) is 1.07. The molecule has 7 heavy (non-hydrogen) atoms. The van der Waals surface area contributed by atoms with Gasteiger partial charge in [-0.3, -0.25) is 0 Å². The molecule has 0 unspecified atom stereocenters. The highest BCUT2D eigenvalue weighted by Crippen LogP contribution is 2.28. The number of rotatable bonds is 0. The first-order valence-electron chi connectivity index (χ1n) is 1.72. The second-order valence-corrected chi connectivity index (χ2v) is 2.38. The summed E-state index contributed by atoms with van der Waals surface area (Å²) in [6.45, 7) is 0. The van der Waals surface area contributed by atoms with E-state index in [1.807, 2.05) is 0 Å². The number of thiophene rings is 1. The molecular formula is C4H3ClOS. The summed E-state index contributed by atoms with van der Waals surface area (Å²) in [6.07, 6.45) is 0. The van der Waals surface area contributed by atoms with Crippen molar-refractivity contribution in [2.24, 2.45) is 0 Å². The monoisotopic (exact) mass is 134 g/mol. The van der Waals surface area contributed by atoms with Crippen LogP contribution in [-0.2, 0) is 0 Å². The van der Waals surface area contributed by atoms with Crippen molar-refractivity contribution in [3.63, 3.8) is 0 Å². The van der Waals surface area contributed by atoms with E-state index in [1.165, 1.54) is 11.3 Å². The Hall–Kier alpha value is -0.210. The standard InChI is InChI=1S/C4H3ClOS/c5-3-1-2-7-4(3)6/h1-2,6H. The lowest BCUT2D eigenvalue weighted by atomic mass is 10.6. The van der Waals surface area contributed by atoms with Gasteiger partial charge >= 0.3 is 0 Å². The molecule has 1 heterocycles. The molecular weight excluding hydrogens is 132 g/mol. The lowest BCUT2D eigenvalue weighted by Crippen LogP contribution is -1.46. The van der Waals surface area contributed by atoms with Gasteiger partial charge in [-0.25, -0.2) is 0 Å². The zero-order valence-corrected chi connectivity index (χ0v) is 4.96. The van der Waals surface area contributed by atoms with Crippen LogP contribution in [0.3, 0.4) is 0 Å². The third-order valence-corrected chi connectivity index (χ3v) is 1.73. The first-order chi connectivity index (χ1) is 3.30. The van der Waals surface area contributed by atoms with E-state index in [4.69, 9.17) is 16.7 Å². The number of hydrogen-bond donors (Lipinski definition) is 1. The zero-order valence-electron chi connectivity index (χ0n) is 3.39. The predicted molar refractivity (Wildman–Crippen MR) is 31.0 cm³/mol. The van der Waals surface area contributed by atoms with Crippen molar-refractivity contribution in [2.45, 2.75) is 0 Å². The molecule has 1 nitrogen and oxygen atoms in total. The predicted octanol–water partition coefficient (Wildman–Crippen LogP) is 2.11. The van der Waals surface area contributed by atoms with Crippen molar-refractivity contribution in [3.05, 3.63) is 16.5 Å². The summed E-state index contributed by atoms with van der Waals surface area (Å²) in [7, 11) is 0. The molecule has 0 aromatic carbocycles. The maximum Gasteiger partial charge on any atom is 0.190 e. The maximum absolute atomic E-state index is 8.65. The molecule has 0 amide bonds. The Bertz CT molecular complexity index is 144. The molecule has 0 saturated carbocycles. The van der Waals surface area contributed by atoms with E-state index in [0.717, 1.165) is 0 Å². The van der Waals surface area contributed by atoms with Crippen molar-refractivity contribution in [1.82, 2.24) is 0 Å². The van der Waals surface area contributed by atoms with Crippen LogP contribution in [0.4, 0.5) is 0 Å². The maximum atomic E-state index is 8.65. The summed E-state index contributed by atoms with van der Waals surface area (Å²) in [5.74, 6) is 0. The van der Waals surface area contributed by atoms with Gasteiger partial charge in [-0.1, -0.05) is 11.6 Å². The summed E-state index contributed by atoms with van der Waals surface area (Å²) in [4.78, 5) is 0. The van der Waals surface area contributed by atoms with E-state index >= 15 is 0 Å². The minimum Gasteiger partial charge on any atom is -0.498 e. The van der Waals surface area contributed by atoms with Gasteiger partial charge in [0, 0.05) is 0 Å². The van der Waals surface area contributed by atoms with Crippen LogP contribution < -0.4 is 0 Å². The third-order valence-electron chi connectivity index (χ3n) is 0.598. The first-order valence-corrected chi connectivity index (χ1v) is 2.98. The van der Waals surface area contributed by atoms with E-state index in [1.54, 1.807) is 11.4 Å². The van der Waals surface area contributed by atoms with E-state index < -0.39 is 0 Å². The molecule has 1 rings (SSSR count). The fourth-order valence-corrected chi connectivity index (χ4v) is 1.07. The van der Waals surface area contributed by atoms with Crippen LogP contribution in [0.5, 0.6) is 5.06 Å². The van der Waals surface area contributed by atoms with Gasteiger partial charge in [0.05, 0.1) is 5.02 Å². The van der Waals surface area contributed by atoms with Crippen LogP contribution in [0.1, 0.15) is 0 Å². The van der Waals surface area contributed by atoms with Crippen LogP contribution in [0, 0.1) is 0 Å². The smallest absolute Gasteiger partial charge is 0.190 e. The van der Waals surface area contributed by atoms with E-state index in [0.29, 0.717) is 5.02 Å². The molecule has 3 heteroatoms. The van der Waals surface area contributed by atoms with Gasteiger partial charge in [-0.15, -0.1) is 11.3 Å². The molecule has 0 bridgehead atoms. The van der Waals surface area contributed by atoms with Crippen molar-refractivity contribution >= 4 is 22.9 Å². The van der Waals surface area contributed by atoms with Gasteiger partial charge in [0.1, 0.15) is 0 Å². The number of hydrogen-bond acceptors (Lipinski definition) is 2. The highest BCUT2D eigenvalue weighted by molar-refractivity contribution is 7.12. The average Bonchev–Trinajstić information content (AvgIpc) is 1.91. The topological polar surface area (TPSA) is 20.2 Å². The van der Waals surface area contributed by atoms with E-state index in [-0.39, 0.29) is 5.06 Å². The largest absolute Gasteiger partial charge is 0.498 e. The molecule has 0 saturated heterocycles. The normalized spacial score (nSPS) is 9.29. The van der Waals surface area contributed by atoms with Crippen LogP contribution in [-0.4, -0.2) is 5.11 Å². The van der Waals surface area contributed by atoms with E-state index in [9.17, 15) is 0 Å². The van der Waals surface area contributed by atoms with Gasteiger partial charge in [-0.2, -0.15) is 0 Å². The van der Waals surface area contributed by atoms with Gasteiger partial charge < -0.3 is 5.11 Å². The fourth-order valence-electron chi connectivity index (χ4n) is 0.286. The molecule has 0 aliphatic carbocycles. The van der Waals surface area contributed by atoms with Crippen molar-refractivity contribution in [3.8, 4) is 5.06 Å². The molecule has 38 valence electrons. The molecule has 1 N–H and O–H groups in total. The first kappa shape index (κ1) is 4.94. The van der Waals surface area contributed by atoms with Crippen LogP contribution in [0.2, 0.25) is 5.02 Å². The molecule has 0 radical (unpaired) electrons. The fraction of sp³-hybridized carbons (Fsp3) is 0. The second kappa shape index (κ2) is 1.72. The molecule has 1 aromatic rings. The van der Waals surface area contributed by atoms with Crippen LogP contribution >= 0.6 is 22.9 Å². The van der Waals surface area contributed by atoms with Crippen LogP contribution in [0.15, 0.2) is 11.4 Å². The molecule has 0 atom stereocenters. The Balaban J connectivity index is 3.12. The Morgan fingerprint density at radius 2 is 2.43 bits per heavy atom. The molecule has 0 fully saturated rings. The van der Waals surface area contributed by atoms with Crippen LogP contribution in [0.25, 0.3) is 0 Å². The molecule has 0 spiro atoms. The quantitative estimate of drug-likeness (QED) is 0.576. The lowest BCUT2D eigenvalue weighted by molar-refractivity contribution is 0.491. The van der Waals surface area contributed by atoms with Crippen molar-refractivity contribution in [2.75, 3.05) is 0 Å². The summed E-state index contributed by atoms with van der Waals surface area (Å²) >= 11 is 6.61. The summed E-state index contributed by atoms with van der Waals surface area (Å²) in [6, 6.07) is 1.65. The summed E-state index contributed by atoms with van der Waals surface area (Å²) < 4.78 is 0. The highest BCUT2D eigenvalue weighted by Gasteiger charge is 1.93. The van der Waals surface area contributed by atoms with Gasteiger partial charge in [-0.05, 0) is 11.4 Å². The minimum absolute atomic E-state index is 0.196. The Morgan fingerprint density at radius 1 is 1.71 bits per heavy atom. The number of aromatic hydroxyl groups is 1. The zero-order chi connectivity index (χ0) is 5.28. The lowest BCUT2D eigenvalue weighted by Gasteiger charge is -1.76. The third kappa shape index (κ3) is 0.868. The summed E-state index contributed by atoms with van der Waals surface area (Å²) in [5, 5.41) is 11.0. The SMILES string of the molecule is Oc1sccc1Cl. The molecule has 0 aliphatic heterocycles. The van der Waals surface area contributed by atoms with E-state index in [2.05, 4.69) is 0 Å². The number of halogens is 1. The highest BCUT2D eigenvalue weighted by atomic mass is 35.5. The van der Waals surface area contributed by atoms with Gasteiger partial charge in [0.25, 0.3) is 0 Å². The average molecular weight is 135 g/mol. The molecule has 1 aromatic heterocycles. The Kier molecular flexibility index (Phi) is 1.21. The van der Waals surface area contributed by atoms with Gasteiger partial charge in [0.2, 0.25) is 0 Å². The van der Waals surface area contributed by atoms with Crippen molar-refractivity contribution < 1.29 is 5.11 Å². The van der Waals surface area contributed by atoms with Crippen molar-refractivity contribution in [1.29, 1.82) is 0 Å². The van der Waals surface area contributed by atoms with Gasteiger partial charge in [0.15, 0.2) is 5.06 Å².